The molecule has 1 aliphatic heterocycles. The van der Waals surface area contributed by atoms with Gasteiger partial charge in [0.25, 0.3) is 0 Å². The van der Waals surface area contributed by atoms with Crippen LogP contribution in [0.2, 0.25) is 0 Å². The Hall–Kier alpha value is -0.240. The maximum absolute atomic E-state index is 9.33. The molecule has 1 saturated heterocycles. The van der Waals surface area contributed by atoms with E-state index in [0.29, 0.717) is 0 Å². The van der Waals surface area contributed by atoms with Crippen molar-refractivity contribution in [1.29, 1.82) is 0 Å². The molecule has 1 heterocycles. The molecule has 0 spiro atoms. The van der Waals surface area contributed by atoms with Gasteiger partial charge < -0.3 is 29.9 Å². The van der Waals surface area contributed by atoms with Crippen molar-refractivity contribution in [3.8, 4) is 0 Å². The predicted molar refractivity (Wildman–Crippen MR) is 40.8 cm³/mol. The summed E-state index contributed by atoms with van der Waals surface area (Å²) in [5.41, 5.74) is 0. The molecule has 6 nitrogen and oxygen atoms in total. The van der Waals surface area contributed by atoms with Crippen LogP contribution < -0.4 is 0 Å². The fourth-order valence-corrected chi connectivity index (χ4v) is 1.23. The van der Waals surface area contributed by atoms with E-state index in [4.69, 9.17) is 19.7 Å². The largest absolute Gasteiger partial charge is 0.387 e. The third-order valence-electron chi connectivity index (χ3n) is 2.02. The van der Waals surface area contributed by atoms with Crippen molar-refractivity contribution < 1.29 is 29.9 Å². The first-order chi connectivity index (χ1) is 6.07. The lowest BCUT2D eigenvalue weighted by Crippen LogP contribution is -2.58. The van der Waals surface area contributed by atoms with Crippen LogP contribution in [0.25, 0.3) is 0 Å². The second kappa shape index (κ2) is 4.32. The standard InChI is InChI=1S/C7H14O6/c1-12-2-3-4(8)5(9)6(10)7(11)13-3/h3-11H,2H2,1H3/t3?,4-,5-,6?,7+/m0/s1. The molecular weight excluding hydrogens is 180 g/mol. The first-order valence-electron chi connectivity index (χ1n) is 3.94. The van der Waals surface area contributed by atoms with Crippen molar-refractivity contribution >= 4 is 0 Å². The van der Waals surface area contributed by atoms with E-state index in [-0.39, 0.29) is 6.61 Å². The zero-order chi connectivity index (χ0) is 10.0. The Labute approximate surface area is 75.3 Å². The zero-order valence-corrected chi connectivity index (χ0v) is 7.20. The molecule has 0 aromatic rings. The molecule has 5 atom stereocenters. The van der Waals surface area contributed by atoms with Gasteiger partial charge in [-0.1, -0.05) is 0 Å². The molecule has 2 unspecified atom stereocenters. The molecule has 4 N–H and O–H groups in total. The van der Waals surface area contributed by atoms with E-state index < -0.39 is 30.7 Å². The van der Waals surface area contributed by atoms with Crippen molar-refractivity contribution in [2.24, 2.45) is 0 Å². The van der Waals surface area contributed by atoms with Gasteiger partial charge in [-0.05, 0) is 0 Å². The summed E-state index contributed by atoms with van der Waals surface area (Å²) in [6.45, 7) is 0.0437. The molecule has 0 bridgehead atoms. The summed E-state index contributed by atoms with van der Waals surface area (Å²) in [5, 5.41) is 36.7. The minimum atomic E-state index is -1.49. The molecule has 0 aromatic carbocycles. The Balaban J connectivity index is 2.59. The second-order valence-corrected chi connectivity index (χ2v) is 2.99. The summed E-state index contributed by atoms with van der Waals surface area (Å²) in [6.07, 6.45) is -6.46. The van der Waals surface area contributed by atoms with Gasteiger partial charge in [-0.2, -0.15) is 0 Å². The fourth-order valence-electron chi connectivity index (χ4n) is 1.23. The number of methoxy groups -OCH3 is 1. The Morgan fingerprint density at radius 1 is 1.08 bits per heavy atom. The average molecular weight is 194 g/mol. The van der Waals surface area contributed by atoms with Gasteiger partial charge in [0.2, 0.25) is 0 Å². The van der Waals surface area contributed by atoms with Crippen LogP contribution in [0.4, 0.5) is 0 Å². The smallest absolute Gasteiger partial charge is 0.184 e. The lowest BCUT2D eigenvalue weighted by molar-refractivity contribution is -0.287. The number of hydrogen-bond donors (Lipinski definition) is 4. The van der Waals surface area contributed by atoms with Crippen LogP contribution in [0.3, 0.4) is 0 Å². The summed E-state index contributed by atoms with van der Waals surface area (Å²) < 4.78 is 9.49. The fraction of sp³-hybridized carbons (Fsp3) is 1.00. The number of aliphatic hydroxyl groups excluding tert-OH is 4. The number of aliphatic hydroxyl groups is 4. The molecule has 78 valence electrons. The van der Waals surface area contributed by atoms with E-state index in [1.54, 1.807) is 0 Å². The van der Waals surface area contributed by atoms with Gasteiger partial charge in [-0.25, -0.2) is 0 Å². The molecule has 0 saturated carbocycles. The third-order valence-corrected chi connectivity index (χ3v) is 2.02. The highest BCUT2D eigenvalue weighted by atomic mass is 16.6. The summed E-state index contributed by atoms with van der Waals surface area (Å²) in [6, 6.07) is 0. The first-order valence-corrected chi connectivity index (χ1v) is 3.94. The normalized spacial score (nSPS) is 46.4. The van der Waals surface area contributed by atoms with Gasteiger partial charge in [0.15, 0.2) is 6.29 Å². The molecule has 1 aliphatic rings. The lowest BCUT2D eigenvalue weighted by atomic mass is 9.99. The van der Waals surface area contributed by atoms with Gasteiger partial charge in [0, 0.05) is 7.11 Å². The maximum Gasteiger partial charge on any atom is 0.184 e. The molecule has 0 aliphatic carbocycles. The average Bonchev–Trinajstić information content (AvgIpc) is 2.11. The highest BCUT2D eigenvalue weighted by Crippen LogP contribution is 2.19. The molecule has 6 heteroatoms. The SMILES string of the molecule is COCC1O[C@@H](O)C(O)[C@@H](O)[C@H]1O. The van der Waals surface area contributed by atoms with Gasteiger partial charge in [0.1, 0.15) is 24.4 Å². The highest BCUT2D eigenvalue weighted by molar-refractivity contribution is 4.88. The van der Waals surface area contributed by atoms with Crippen molar-refractivity contribution in [3.05, 3.63) is 0 Å². The molecule has 0 radical (unpaired) electrons. The van der Waals surface area contributed by atoms with E-state index in [1.807, 2.05) is 0 Å². The number of ether oxygens (including phenoxy) is 2. The van der Waals surface area contributed by atoms with E-state index in [0.717, 1.165) is 0 Å². The second-order valence-electron chi connectivity index (χ2n) is 2.99. The number of hydrogen-bond acceptors (Lipinski definition) is 6. The predicted octanol–water partition coefficient (Wildman–Crippen LogP) is -2.57. The monoisotopic (exact) mass is 194 g/mol. The Bertz CT molecular complexity index is 163. The number of rotatable bonds is 2. The van der Waals surface area contributed by atoms with E-state index in [1.165, 1.54) is 7.11 Å². The van der Waals surface area contributed by atoms with Crippen LogP contribution in [0.1, 0.15) is 0 Å². The molecule has 1 fully saturated rings. The minimum absolute atomic E-state index is 0.0437. The molecule has 1 rings (SSSR count). The first kappa shape index (κ1) is 10.8. The Morgan fingerprint density at radius 3 is 2.23 bits per heavy atom. The van der Waals surface area contributed by atoms with Crippen LogP contribution in [-0.4, -0.2) is 64.8 Å². The van der Waals surface area contributed by atoms with Crippen molar-refractivity contribution in [1.82, 2.24) is 0 Å². The van der Waals surface area contributed by atoms with Crippen LogP contribution in [-0.2, 0) is 9.47 Å². The minimum Gasteiger partial charge on any atom is -0.387 e. The Morgan fingerprint density at radius 2 is 1.69 bits per heavy atom. The lowest BCUT2D eigenvalue weighted by Gasteiger charge is -2.37. The maximum atomic E-state index is 9.33. The van der Waals surface area contributed by atoms with Gasteiger partial charge >= 0.3 is 0 Å². The molecule has 0 aromatic heterocycles. The van der Waals surface area contributed by atoms with Gasteiger partial charge in [-0.3, -0.25) is 0 Å². The van der Waals surface area contributed by atoms with Gasteiger partial charge in [-0.15, -0.1) is 0 Å². The van der Waals surface area contributed by atoms with Gasteiger partial charge in [0.05, 0.1) is 6.61 Å². The van der Waals surface area contributed by atoms with Crippen LogP contribution in [0, 0.1) is 0 Å². The third kappa shape index (κ3) is 2.16. The summed E-state index contributed by atoms with van der Waals surface area (Å²) in [4.78, 5) is 0. The molecular formula is C7H14O6. The summed E-state index contributed by atoms with van der Waals surface area (Å²) in [7, 11) is 1.40. The molecule has 0 amide bonds. The highest BCUT2D eigenvalue weighted by Gasteiger charge is 2.42. The van der Waals surface area contributed by atoms with E-state index >= 15 is 0 Å². The summed E-state index contributed by atoms with van der Waals surface area (Å²) in [5.74, 6) is 0. The summed E-state index contributed by atoms with van der Waals surface area (Å²) >= 11 is 0. The van der Waals surface area contributed by atoms with Crippen LogP contribution in [0.5, 0.6) is 0 Å². The van der Waals surface area contributed by atoms with Crippen LogP contribution in [0.15, 0.2) is 0 Å². The van der Waals surface area contributed by atoms with Crippen molar-refractivity contribution in [2.75, 3.05) is 13.7 Å². The van der Waals surface area contributed by atoms with Crippen molar-refractivity contribution in [2.45, 2.75) is 30.7 Å². The van der Waals surface area contributed by atoms with Crippen molar-refractivity contribution in [3.63, 3.8) is 0 Å². The van der Waals surface area contributed by atoms with E-state index in [2.05, 4.69) is 0 Å². The topological polar surface area (TPSA) is 99.4 Å². The van der Waals surface area contributed by atoms with Crippen LogP contribution >= 0.6 is 0 Å². The molecule has 13 heavy (non-hydrogen) atoms. The Kier molecular flexibility index (Phi) is 3.60. The zero-order valence-electron chi connectivity index (χ0n) is 7.20. The quantitative estimate of drug-likeness (QED) is 0.386. The van der Waals surface area contributed by atoms with E-state index in [9.17, 15) is 10.2 Å².